The molecule has 0 bridgehead atoms. The molecule has 0 saturated carbocycles. The highest BCUT2D eigenvalue weighted by atomic mass is 32.1. The second-order valence-electron chi connectivity index (χ2n) is 3.91. The maximum Gasteiger partial charge on any atom is 0.293 e. The normalized spacial score (nSPS) is 10.8. The van der Waals surface area contributed by atoms with Gasteiger partial charge in [0.05, 0.1) is 15.2 Å². The van der Waals surface area contributed by atoms with Gasteiger partial charge in [-0.2, -0.15) is 4.98 Å². The molecule has 3 rings (SSSR count). The summed E-state index contributed by atoms with van der Waals surface area (Å²) < 4.78 is 1.02. The van der Waals surface area contributed by atoms with Gasteiger partial charge >= 0.3 is 0 Å². The highest BCUT2D eigenvalue weighted by molar-refractivity contribution is 7.18. The van der Waals surface area contributed by atoms with E-state index < -0.39 is 0 Å². The van der Waals surface area contributed by atoms with Crippen LogP contribution in [0.5, 0.6) is 0 Å². The first-order valence-corrected chi connectivity index (χ1v) is 6.30. The minimum Gasteiger partial charge on any atom is -0.366 e. The minimum absolute atomic E-state index is 0.0404. The molecule has 0 aliphatic heterocycles. The summed E-state index contributed by atoms with van der Waals surface area (Å²) in [5.74, 6) is -0.262. The molecule has 0 spiro atoms. The summed E-state index contributed by atoms with van der Waals surface area (Å²) >= 11 is 1.58. The number of hydrogen-bond acceptors (Lipinski definition) is 6. The van der Waals surface area contributed by atoms with Crippen molar-refractivity contribution in [2.45, 2.75) is 6.92 Å². The van der Waals surface area contributed by atoms with Crippen LogP contribution in [-0.4, -0.2) is 26.1 Å². The van der Waals surface area contributed by atoms with Crippen molar-refractivity contribution in [3.63, 3.8) is 0 Å². The number of carbonyl (C=O) groups is 1. The number of nitrogens with one attached hydrogen (secondary N) is 2. The Morgan fingerprint density at radius 2 is 2.26 bits per heavy atom. The van der Waals surface area contributed by atoms with Crippen LogP contribution >= 0.6 is 11.3 Å². The molecule has 1 aromatic carbocycles. The molecule has 4 N–H and O–H groups in total. The Morgan fingerprint density at radius 3 is 3.00 bits per heavy atom. The molecule has 96 valence electrons. The van der Waals surface area contributed by atoms with Crippen LogP contribution in [0, 0.1) is 6.92 Å². The minimum atomic E-state index is -0.384. The number of nitrogen functional groups attached to an aromatic ring is 1. The Bertz CT molecular complexity index is 761. The molecule has 0 radical (unpaired) electrons. The van der Waals surface area contributed by atoms with E-state index in [-0.39, 0.29) is 17.7 Å². The highest BCUT2D eigenvalue weighted by Crippen LogP contribution is 2.24. The average Bonchev–Trinajstić information content (AvgIpc) is 2.93. The molecule has 19 heavy (non-hydrogen) atoms. The second-order valence-corrected chi connectivity index (χ2v) is 5.15. The van der Waals surface area contributed by atoms with E-state index in [0.29, 0.717) is 5.69 Å². The van der Waals surface area contributed by atoms with Gasteiger partial charge in [0.1, 0.15) is 0 Å². The highest BCUT2D eigenvalue weighted by Gasteiger charge is 2.11. The molecule has 0 aliphatic rings. The van der Waals surface area contributed by atoms with Crippen molar-refractivity contribution < 1.29 is 4.79 Å². The van der Waals surface area contributed by atoms with E-state index >= 15 is 0 Å². The van der Waals surface area contributed by atoms with E-state index in [0.717, 1.165) is 15.2 Å². The third kappa shape index (κ3) is 2.25. The average molecular weight is 274 g/mol. The molecular formula is C11H10N6OS. The fourth-order valence-electron chi connectivity index (χ4n) is 1.68. The molecule has 0 unspecified atom stereocenters. The Balaban J connectivity index is 1.86. The van der Waals surface area contributed by atoms with E-state index in [9.17, 15) is 4.79 Å². The van der Waals surface area contributed by atoms with Crippen LogP contribution in [0.15, 0.2) is 18.2 Å². The van der Waals surface area contributed by atoms with Gasteiger partial charge in [0.15, 0.2) is 0 Å². The van der Waals surface area contributed by atoms with Crippen LogP contribution in [0.4, 0.5) is 11.6 Å². The number of aryl methyl sites for hydroxylation is 1. The number of anilines is 2. The van der Waals surface area contributed by atoms with Crippen molar-refractivity contribution in [3.05, 3.63) is 29.0 Å². The van der Waals surface area contributed by atoms with Gasteiger partial charge in [-0.25, -0.2) is 4.98 Å². The van der Waals surface area contributed by atoms with Crippen LogP contribution in [0.25, 0.3) is 10.2 Å². The Kier molecular flexibility index (Phi) is 2.64. The summed E-state index contributed by atoms with van der Waals surface area (Å²) in [6.07, 6.45) is 0. The van der Waals surface area contributed by atoms with Gasteiger partial charge in [-0.05, 0) is 25.1 Å². The van der Waals surface area contributed by atoms with Gasteiger partial charge in [-0.1, -0.05) is 0 Å². The number of benzene rings is 1. The molecule has 3 aromatic rings. The number of rotatable bonds is 2. The molecule has 8 heteroatoms. The zero-order valence-electron chi connectivity index (χ0n) is 9.97. The van der Waals surface area contributed by atoms with Gasteiger partial charge in [0.2, 0.25) is 11.8 Å². The van der Waals surface area contributed by atoms with Gasteiger partial charge in [0, 0.05) is 5.69 Å². The molecule has 0 fully saturated rings. The zero-order valence-corrected chi connectivity index (χ0v) is 10.8. The van der Waals surface area contributed by atoms with Crippen molar-refractivity contribution in [1.82, 2.24) is 20.2 Å². The first-order valence-electron chi connectivity index (χ1n) is 5.48. The predicted molar refractivity (Wildman–Crippen MR) is 73.1 cm³/mol. The van der Waals surface area contributed by atoms with Gasteiger partial charge in [0.25, 0.3) is 5.91 Å². The van der Waals surface area contributed by atoms with Gasteiger partial charge in [-0.15, -0.1) is 16.4 Å². The monoisotopic (exact) mass is 274 g/mol. The zero-order chi connectivity index (χ0) is 13.4. The predicted octanol–water partition coefficient (Wildman–Crippen LogP) is 1.56. The summed E-state index contributed by atoms with van der Waals surface area (Å²) in [5, 5.41) is 9.78. The topological polar surface area (TPSA) is 110 Å². The lowest BCUT2D eigenvalue weighted by Crippen LogP contribution is -2.13. The number of carbonyl (C=O) groups excluding carboxylic acids is 1. The lowest BCUT2D eigenvalue weighted by molar-refractivity contribution is 0.101. The quantitative estimate of drug-likeness (QED) is 0.657. The number of thiazole rings is 1. The number of fused-ring (bicyclic) bond motifs is 1. The number of aromatic amines is 1. The number of hydrogen-bond donors (Lipinski definition) is 3. The second kappa shape index (κ2) is 4.32. The molecule has 0 atom stereocenters. The number of aromatic nitrogens is 4. The summed E-state index contributed by atoms with van der Waals surface area (Å²) in [5.41, 5.74) is 6.94. The van der Waals surface area contributed by atoms with Crippen molar-refractivity contribution in [2.75, 3.05) is 11.1 Å². The number of nitrogens with two attached hydrogens (primary N) is 1. The number of amides is 1. The van der Waals surface area contributed by atoms with E-state index in [1.165, 1.54) is 0 Å². The smallest absolute Gasteiger partial charge is 0.293 e. The van der Waals surface area contributed by atoms with Crippen molar-refractivity contribution >= 4 is 39.1 Å². The third-order valence-corrected chi connectivity index (χ3v) is 3.40. The molecule has 7 nitrogen and oxygen atoms in total. The van der Waals surface area contributed by atoms with Crippen LogP contribution in [-0.2, 0) is 0 Å². The largest absolute Gasteiger partial charge is 0.366 e. The van der Waals surface area contributed by atoms with E-state index in [4.69, 9.17) is 5.73 Å². The van der Waals surface area contributed by atoms with E-state index in [2.05, 4.69) is 25.5 Å². The Labute approximate surface area is 111 Å². The summed E-state index contributed by atoms with van der Waals surface area (Å²) in [7, 11) is 0. The van der Waals surface area contributed by atoms with E-state index in [1.54, 1.807) is 17.4 Å². The molecule has 0 aliphatic carbocycles. The fourth-order valence-corrected chi connectivity index (χ4v) is 2.55. The van der Waals surface area contributed by atoms with Crippen molar-refractivity contribution in [2.24, 2.45) is 0 Å². The summed E-state index contributed by atoms with van der Waals surface area (Å²) in [4.78, 5) is 20.0. The lowest BCUT2D eigenvalue weighted by atomic mass is 10.3. The molecule has 2 aromatic heterocycles. The first kappa shape index (κ1) is 11.6. The number of H-pyrrole nitrogens is 1. The maximum atomic E-state index is 11.9. The van der Waals surface area contributed by atoms with Crippen LogP contribution in [0.2, 0.25) is 0 Å². The van der Waals surface area contributed by atoms with Crippen LogP contribution < -0.4 is 11.1 Å². The van der Waals surface area contributed by atoms with Gasteiger partial charge < -0.3 is 11.1 Å². The molecule has 1 amide bonds. The maximum absolute atomic E-state index is 11.9. The number of nitrogens with zero attached hydrogens (tertiary/aromatic N) is 3. The summed E-state index contributed by atoms with van der Waals surface area (Å²) in [6, 6.07) is 5.53. The van der Waals surface area contributed by atoms with E-state index in [1.807, 2.05) is 19.1 Å². The third-order valence-electron chi connectivity index (χ3n) is 2.47. The van der Waals surface area contributed by atoms with Crippen LogP contribution in [0.1, 0.15) is 15.6 Å². The summed E-state index contributed by atoms with van der Waals surface area (Å²) in [6.45, 7) is 1.94. The Hall–Kier alpha value is -2.48. The Morgan fingerprint density at radius 1 is 1.42 bits per heavy atom. The van der Waals surface area contributed by atoms with Crippen molar-refractivity contribution in [3.8, 4) is 0 Å². The SMILES string of the molecule is Cc1nc2ccc(NC(=O)c3nc(N)n[nH]3)cc2s1. The fraction of sp³-hybridized carbons (Fsp3) is 0.0909. The van der Waals surface area contributed by atoms with Crippen molar-refractivity contribution in [1.29, 1.82) is 0 Å². The van der Waals surface area contributed by atoms with Crippen LogP contribution in [0.3, 0.4) is 0 Å². The van der Waals surface area contributed by atoms with Gasteiger partial charge in [-0.3, -0.25) is 9.89 Å². The molecule has 2 heterocycles. The molecular weight excluding hydrogens is 264 g/mol. The molecule has 0 saturated heterocycles. The standard InChI is InChI=1S/C11H10N6OS/c1-5-13-7-3-2-6(4-8(7)19-5)14-10(18)9-15-11(12)17-16-9/h2-4H,1H3,(H,14,18)(H3,12,15,16,17). The lowest BCUT2D eigenvalue weighted by Gasteiger charge is -2.02. The first-order chi connectivity index (χ1) is 9.11.